The molecule has 0 aliphatic rings. The van der Waals surface area contributed by atoms with E-state index in [1.807, 2.05) is 55.3 Å². The molecule has 112 valence electrons. The van der Waals surface area contributed by atoms with Crippen LogP contribution in [0.2, 0.25) is 0 Å². The molecule has 0 aliphatic carbocycles. The van der Waals surface area contributed by atoms with Gasteiger partial charge in [0.05, 0.1) is 17.6 Å². The Morgan fingerprint density at radius 3 is 2.38 bits per heavy atom. The lowest BCUT2D eigenvalue weighted by Gasteiger charge is -2.19. The lowest BCUT2D eigenvalue weighted by Crippen LogP contribution is -2.17. The first-order chi connectivity index (χ1) is 10.0. The number of benzene rings is 1. The van der Waals surface area contributed by atoms with E-state index in [-0.39, 0.29) is 5.75 Å². The zero-order valence-corrected chi connectivity index (χ0v) is 13.0. The molecule has 0 fully saturated rings. The van der Waals surface area contributed by atoms with Gasteiger partial charge in [-0.05, 0) is 30.7 Å². The highest BCUT2D eigenvalue weighted by molar-refractivity contribution is 7.92. The van der Waals surface area contributed by atoms with Gasteiger partial charge in [0.1, 0.15) is 5.82 Å². The van der Waals surface area contributed by atoms with Crippen molar-refractivity contribution in [3.05, 3.63) is 48.7 Å². The van der Waals surface area contributed by atoms with Gasteiger partial charge in [0.2, 0.25) is 10.0 Å². The highest BCUT2D eigenvalue weighted by Crippen LogP contribution is 2.23. The third-order valence-electron chi connectivity index (χ3n) is 3.01. The van der Waals surface area contributed by atoms with Crippen molar-refractivity contribution in [2.45, 2.75) is 13.3 Å². The van der Waals surface area contributed by atoms with Gasteiger partial charge in [0.15, 0.2) is 0 Å². The topological polar surface area (TPSA) is 62.3 Å². The van der Waals surface area contributed by atoms with Crippen molar-refractivity contribution in [2.24, 2.45) is 0 Å². The molecule has 2 rings (SSSR count). The first kappa shape index (κ1) is 15.3. The maximum atomic E-state index is 11.7. The second-order valence-electron chi connectivity index (χ2n) is 4.72. The average molecular weight is 305 g/mol. The maximum Gasteiger partial charge on any atom is 0.233 e. The molecule has 2 aromatic rings. The minimum absolute atomic E-state index is 0.0976. The average Bonchev–Trinajstić information content (AvgIpc) is 2.48. The van der Waals surface area contributed by atoms with Gasteiger partial charge in [-0.25, -0.2) is 13.4 Å². The number of nitrogens with one attached hydrogen (secondary N) is 1. The van der Waals surface area contributed by atoms with Crippen LogP contribution in [-0.2, 0) is 10.0 Å². The number of hydrogen-bond acceptors (Lipinski definition) is 4. The fourth-order valence-corrected chi connectivity index (χ4v) is 3.00. The zero-order valence-electron chi connectivity index (χ0n) is 12.2. The second-order valence-corrected chi connectivity index (χ2v) is 6.56. The highest BCUT2D eigenvalue weighted by Gasteiger charge is 2.10. The smallest absolute Gasteiger partial charge is 0.233 e. The summed E-state index contributed by atoms with van der Waals surface area (Å²) in [5.41, 5.74) is 1.93. The molecule has 0 unspecified atom stereocenters. The van der Waals surface area contributed by atoms with Crippen LogP contribution < -0.4 is 9.62 Å². The SMILES string of the molecule is CCCS(=O)(=O)Nc1ccc(N(C)c2ccccc2)cn1. The molecule has 0 amide bonds. The van der Waals surface area contributed by atoms with E-state index in [2.05, 4.69) is 9.71 Å². The molecule has 1 aromatic heterocycles. The maximum absolute atomic E-state index is 11.7. The number of pyridine rings is 1. The van der Waals surface area contributed by atoms with Crippen molar-refractivity contribution in [3.8, 4) is 0 Å². The molecule has 0 aliphatic heterocycles. The lowest BCUT2D eigenvalue weighted by atomic mass is 10.3. The van der Waals surface area contributed by atoms with Crippen molar-refractivity contribution in [2.75, 3.05) is 22.4 Å². The van der Waals surface area contributed by atoms with E-state index in [4.69, 9.17) is 0 Å². The summed E-state index contributed by atoms with van der Waals surface area (Å²) in [6.07, 6.45) is 2.22. The number of aromatic nitrogens is 1. The molecule has 0 spiro atoms. The molecule has 1 heterocycles. The molecule has 0 atom stereocenters. The van der Waals surface area contributed by atoms with Crippen molar-refractivity contribution >= 4 is 27.2 Å². The van der Waals surface area contributed by atoms with Gasteiger partial charge in [-0.1, -0.05) is 25.1 Å². The summed E-state index contributed by atoms with van der Waals surface area (Å²) in [7, 11) is -1.36. The standard InChI is InChI=1S/C15H19N3O2S/c1-3-11-21(19,20)17-15-10-9-14(12-16-15)18(2)13-7-5-4-6-8-13/h4-10,12H,3,11H2,1-2H3,(H,16,17). The zero-order chi connectivity index (χ0) is 15.3. The highest BCUT2D eigenvalue weighted by atomic mass is 32.2. The normalized spacial score (nSPS) is 11.1. The van der Waals surface area contributed by atoms with E-state index in [1.165, 1.54) is 0 Å². The van der Waals surface area contributed by atoms with E-state index in [9.17, 15) is 8.42 Å². The summed E-state index contributed by atoms with van der Waals surface area (Å²) in [5.74, 6) is 0.439. The van der Waals surface area contributed by atoms with Crippen molar-refractivity contribution < 1.29 is 8.42 Å². The second kappa shape index (κ2) is 6.58. The fourth-order valence-electron chi connectivity index (χ4n) is 1.92. The third-order valence-corrected chi connectivity index (χ3v) is 4.48. The minimum atomic E-state index is -3.30. The van der Waals surface area contributed by atoms with Crippen LogP contribution in [0.4, 0.5) is 17.2 Å². The Bertz CT molecular complexity index is 670. The van der Waals surface area contributed by atoms with Crippen LogP contribution in [0.15, 0.2) is 48.7 Å². The van der Waals surface area contributed by atoms with E-state index in [0.717, 1.165) is 11.4 Å². The first-order valence-electron chi connectivity index (χ1n) is 6.77. The van der Waals surface area contributed by atoms with Gasteiger partial charge in [-0.15, -0.1) is 0 Å². The van der Waals surface area contributed by atoms with Crippen molar-refractivity contribution in [1.29, 1.82) is 0 Å². The molecule has 1 N–H and O–H groups in total. The molecule has 0 saturated carbocycles. The lowest BCUT2D eigenvalue weighted by molar-refractivity contribution is 0.599. The van der Waals surface area contributed by atoms with Crippen LogP contribution in [-0.4, -0.2) is 26.2 Å². The Balaban J connectivity index is 2.12. The van der Waals surface area contributed by atoms with Crippen molar-refractivity contribution in [3.63, 3.8) is 0 Å². The summed E-state index contributed by atoms with van der Waals surface area (Å²) in [5, 5.41) is 0. The number of sulfonamides is 1. The Hall–Kier alpha value is -2.08. The minimum Gasteiger partial charge on any atom is -0.343 e. The number of anilines is 3. The van der Waals surface area contributed by atoms with Gasteiger partial charge in [-0.3, -0.25) is 4.72 Å². The molecule has 0 radical (unpaired) electrons. The molecule has 0 bridgehead atoms. The van der Waals surface area contributed by atoms with Gasteiger partial charge in [0.25, 0.3) is 0 Å². The number of nitrogens with zero attached hydrogens (tertiary/aromatic N) is 2. The summed E-state index contributed by atoms with van der Waals surface area (Å²) < 4.78 is 25.8. The Labute approximate surface area is 125 Å². The van der Waals surface area contributed by atoms with Crippen LogP contribution in [0.25, 0.3) is 0 Å². The van der Waals surface area contributed by atoms with E-state index in [0.29, 0.717) is 12.2 Å². The van der Waals surface area contributed by atoms with E-state index in [1.54, 1.807) is 12.3 Å². The van der Waals surface area contributed by atoms with E-state index < -0.39 is 10.0 Å². The molecule has 5 nitrogen and oxygen atoms in total. The van der Waals surface area contributed by atoms with Gasteiger partial charge >= 0.3 is 0 Å². The van der Waals surface area contributed by atoms with Crippen LogP contribution in [0.5, 0.6) is 0 Å². The Morgan fingerprint density at radius 2 is 1.81 bits per heavy atom. The first-order valence-corrected chi connectivity index (χ1v) is 8.42. The van der Waals surface area contributed by atoms with Crippen LogP contribution in [0, 0.1) is 0 Å². The molecule has 6 heteroatoms. The van der Waals surface area contributed by atoms with Crippen LogP contribution >= 0.6 is 0 Å². The molecule has 21 heavy (non-hydrogen) atoms. The molecular formula is C15H19N3O2S. The van der Waals surface area contributed by atoms with Gasteiger partial charge in [-0.2, -0.15) is 0 Å². The summed E-state index contributed by atoms with van der Waals surface area (Å²) in [6.45, 7) is 1.82. The fraction of sp³-hybridized carbons (Fsp3) is 0.267. The number of rotatable bonds is 6. The molecule has 1 aromatic carbocycles. The summed E-state index contributed by atoms with van der Waals surface area (Å²) in [6, 6.07) is 13.4. The quantitative estimate of drug-likeness (QED) is 0.891. The predicted octanol–water partition coefficient (Wildman–Crippen LogP) is 3.00. The van der Waals surface area contributed by atoms with Crippen molar-refractivity contribution in [1.82, 2.24) is 4.98 Å². The van der Waals surface area contributed by atoms with Gasteiger partial charge in [0, 0.05) is 12.7 Å². The monoisotopic (exact) mass is 305 g/mol. The van der Waals surface area contributed by atoms with Crippen LogP contribution in [0.1, 0.15) is 13.3 Å². The van der Waals surface area contributed by atoms with Crippen LogP contribution in [0.3, 0.4) is 0 Å². The predicted molar refractivity (Wildman–Crippen MR) is 86.4 cm³/mol. The Kier molecular flexibility index (Phi) is 4.80. The van der Waals surface area contributed by atoms with E-state index >= 15 is 0 Å². The summed E-state index contributed by atoms with van der Waals surface area (Å²) >= 11 is 0. The number of hydrogen-bond donors (Lipinski definition) is 1. The number of para-hydroxylation sites is 1. The summed E-state index contributed by atoms with van der Waals surface area (Å²) in [4.78, 5) is 6.14. The molecule has 0 saturated heterocycles. The van der Waals surface area contributed by atoms with Gasteiger partial charge < -0.3 is 4.90 Å². The largest absolute Gasteiger partial charge is 0.343 e. The molecular weight excluding hydrogens is 286 g/mol. The Morgan fingerprint density at radius 1 is 1.10 bits per heavy atom. The third kappa shape index (κ3) is 4.19.